The van der Waals surface area contributed by atoms with Gasteiger partial charge in [0.05, 0.1) is 18.4 Å². The van der Waals surface area contributed by atoms with Gasteiger partial charge in [0.25, 0.3) is 5.91 Å². The van der Waals surface area contributed by atoms with Gasteiger partial charge in [0.1, 0.15) is 12.6 Å². The number of benzene rings is 1. The highest BCUT2D eigenvalue weighted by atomic mass is 16.6. The molecule has 7 nitrogen and oxygen atoms in total. The number of hydrogen-bond acceptors (Lipinski definition) is 5. The predicted octanol–water partition coefficient (Wildman–Crippen LogP) is 0.520. The minimum absolute atomic E-state index is 0.0366. The molecule has 2 rings (SSSR count). The number of cyclic esters (lactones) is 1. The maximum Gasteiger partial charge on any atom is 0.407 e. The van der Waals surface area contributed by atoms with Crippen molar-refractivity contribution in [3.05, 3.63) is 29.8 Å². The standard InChI is InChI=1S/C12H12N2O5/c1-18-11(16)7-4-2-3-5-8(7)13-10(15)9-6-19-12(17)14-9/h2-5,9H,6H2,1H3,(H,13,15)(H,14,17). The molecule has 1 unspecified atom stereocenters. The van der Waals surface area contributed by atoms with Gasteiger partial charge < -0.3 is 20.1 Å². The van der Waals surface area contributed by atoms with Gasteiger partial charge in [-0.25, -0.2) is 9.59 Å². The first kappa shape index (κ1) is 12.9. The Labute approximate surface area is 108 Å². The van der Waals surface area contributed by atoms with E-state index in [1.165, 1.54) is 13.2 Å². The van der Waals surface area contributed by atoms with Gasteiger partial charge in [-0.05, 0) is 12.1 Å². The van der Waals surface area contributed by atoms with E-state index in [-0.39, 0.29) is 12.2 Å². The Morgan fingerprint density at radius 2 is 2.16 bits per heavy atom. The average molecular weight is 264 g/mol. The highest BCUT2D eigenvalue weighted by Crippen LogP contribution is 2.16. The number of alkyl carbamates (subject to hydrolysis) is 1. The number of esters is 1. The largest absolute Gasteiger partial charge is 0.465 e. The summed E-state index contributed by atoms with van der Waals surface area (Å²) in [5.41, 5.74) is 0.559. The maximum absolute atomic E-state index is 11.9. The monoisotopic (exact) mass is 264 g/mol. The second-order valence-corrected chi connectivity index (χ2v) is 3.82. The molecular formula is C12H12N2O5. The number of hydrogen-bond donors (Lipinski definition) is 2. The third kappa shape index (κ3) is 2.82. The molecule has 2 amide bonds. The third-order valence-electron chi connectivity index (χ3n) is 2.58. The van der Waals surface area contributed by atoms with Gasteiger partial charge in [0, 0.05) is 0 Å². The van der Waals surface area contributed by atoms with E-state index in [4.69, 9.17) is 0 Å². The Balaban J connectivity index is 2.12. The van der Waals surface area contributed by atoms with Crippen LogP contribution in [0.1, 0.15) is 10.4 Å². The van der Waals surface area contributed by atoms with Crippen molar-refractivity contribution in [1.82, 2.24) is 5.32 Å². The van der Waals surface area contributed by atoms with Gasteiger partial charge in [-0.2, -0.15) is 0 Å². The van der Waals surface area contributed by atoms with Gasteiger partial charge in [-0.1, -0.05) is 12.1 Å². The van der Waals surface area contributed by atoms with Crippen molar-refractivity contribution < 1.29 is 23.9 Å². The molecule has 0 spiro atoms. The van der Waals surface area contributed by atoms with E-state index in [9.17, 15) is 14.4 Å². The molecular weight excluding hydrogens is 252 g/mol. The minimum atomic E-state index is -0.766. The Bertz CT molecular complexity index is 529. The van der Waals surface area contributed by atoms with Gasteiger partial charge >= 0.3 is 12.1 Å². The van der Waals surface area contributed by atoms with Crippen molar-refractivity contribution in [3.63, 3.8) is 0 Å². The first-order valence-electron chi connectivity index (χ1n) is 5.53. The van der Waals surface area contributed by atoms with Gasteiger partial charge in [-0.3, -0.25) is 4.79 Å². The van der Waals surface area contributed by atoms with Crippen molar-refractivity contribution in [2.24, 2.45) is 0 Å². The number of methoxy groups -OCH3 is 1. The molecule has 19 heavy (non-hydrogen) atoms. The zero-order chi connectivity index (χ0) is 13.8. The van der Waals surface area contributed by atoms with Crippen molar-refractivity contribution in [2.45, 2.75) is 6.04 Å². The van der Waals surface area contributed by atoms with Gasteiger partial charge in [-0.15, -0.1) is 0 Å². The van der Waals surface area contributed by atoms with Crippen LogP contribution < -0.4 is 10.6 Å². The summed E-state index contributed by atoms with van der Waals surface area (Å²) in [4.78, 5) is 34.2. The molecule has 0 aromatic heterocycles. The van der Waals surface area contributed by atoms with E-state index in [0.29, 0.717) is 5.69 Å². The van der Waals surface area contributed by atoms with E-state index in [1.54, 1.807) is 18.2 Å². The molecule has 1 fully saturated rings. The molecule has 0 radical (unpaired) electrons. The Morgan fingerprint density at radius 1 is 1.42 bits per heavy atom. The van der Waals surface area contributed by atoms with Crippen LogP contribution in [0.4, 0.5) is 10.5 Å². The molecule has 1 aromatic rings. The lowest BCUT2D eigenvalue weighted by atomic mass is 10.1. The smallest absolute Gasteiger partial charge is 0.407 e. The first-order chi connectivity index (χ1) is 9.11. The summed E-state index contributed by atoms with van der Waals surface area (Å²) >= 11 is 0. The van der Waals surface area contributed by atoms with E-state index in [2.05, 4.69) is 20.1 Å². The molecule has 1 aromatic carbocycles. The van der Waals surface area contributed by atoms with E-state index < -0.39 is 24.0 Å². The second-order valence-electron chi connectivity index (χ2n) is 3.82. The molecule has 1 atom stereocenters. The fourth-order valence-corrected chi connectivity index (χ4v) is 1.63. The number of anilines is 1. The van der Waals surface area contributed by atoms with Crippen LogP contribution in [-0.4, -0.2) is 37.7 Å². The average Bonchev–Trinajstić information content (AvgIpc) is 2.85. The summed E-state index contributed by atoms with van der Waals surface area (Å²) in [6.45, 7) is -0.0366. The van der Waals surface area contributed by atoms with Crippen LogP contribution in [0.5, 0.6) is 0 Å². The van der Waals surface area contributed by atoms with Crippen LogP contribution in [0.15, 0.2) is 24.3 Å². The van der Waals surface area contributed by atoms with Gasteiger partial charge in [0.2, 0.25) is 0 Å². The summed E-state index contributed by atoms with van der Waals surface area (Å²) in [6.07, 6.45) is -0.638. The molecule has 1 aliphatic heterocycles. The van der Waals surface area contributed by atoms with Crippen molar-refractivity contribution in [3.8, 4) is 0 Å². The number of carbonyl (C=O) groups excluding carboxylic acids is 3. The Hall–Kier alpha value is -2.57. The quantitative estimate of drug-likeness (QED) is 0.776. The number of carbonyl (C=O) groups is 3. The molecule has 2 N–H and O–H groups in total. The van der Waals surface area contributed by atoms with Crippen molar-refractivity contribution in [2.75, 3.05) is 19.0 Å². The summed E-state index contributed by atoms with van der Waals surface area (Å²) in [7, 11) is 1.26. The minimum Gasteiger partial charge on any atom is -0.465 e. The number of ether oxygens (including phenoxy) is 2. The van der Waals surface area contributed by atoms with Crippen LogP contribution in [-0.2, 0) is 14.3 Å². The number of nitrogens with one attached hydrogen (secondary N) is 2. The highest BCUT2D eigenvalue weighted by molar-refractivity contribution is 6.03. The number of para-hydroxylation sites is 1. The number of rotatable bonds is 3. The van der Waals surface area contributed by atoms with Crippen LogP contribution in [0, 0.1) is 0 Å². The molecule has 0 aliphatic carbocycles. The summed E-state index contributed by atoms with van der Waals surface area (Å²) in [6, 6.07) is 5.67. The van der Waals surface area contributed by atoms with Crippen LogP contribution in [0.25, 0.3) is 0 Å². The lowest BCUT2D eigenvalue weighted by Crippen LogP contribution is -2.38. The molecule has 7 heteroatoms. The number of amides is 2. The van der Waals surface area contributed by atoms with Crippen LogP contribution in [0.2, 0.25) is 0 Å². The van der Waals surface area contributed by atoms with Crippen molar-refractivity contribution in [1.29, 1.82) is 0 Å². The fraction of sp³-hybridized carbons (Fsp3) is 0.250. The molecule has 1 aliphatic rings. The van der Waals surface area contributed by atoms with E-state index in [0.717, 1.165) is 0 Å². The lowest BCUT2D eigenvalue weighted by molar-refractivity contribution is -0.117. The topological polar surface area (TPSA) is 93.7 Å². The molecule has 100 valence electrons. The highest BCUT2D eigenvalue weighted by Gasteiger charge is 2.29. The molecule has 0 saturated carbocycles. The third-order valence-corrected chi connectivity index (χ3v) is 2.58. The van der Waals surface area contributed by atoms with E-state index >= 15 is 0 Å². The first-order valence-corrected chi connectivity index (χ1v) is 5.53. The normalized spacial score (nSPS) is 17.3. The van der Waals surface area contributed by atoms with E-state index in [1.807, 2.05) is 0 Å². The Kier molecular flexibility index (Phi) is 3.65. The van der Waals surface area contributed by atoms with Gasteiger partial charge in [0.15, 0.2) is 0 Å². The zero-order valence-corrected chi connectivity index (χ0v) is 10.1. The van der Waals surface area contributed by atoms with Crippen LogP contribution >= 0.6 is 0 Å². The second kappa shape index (κ2) is 5.38. The predicted molar refractivity (Wildman–Crippen MR) is 64.7 cm³/mol. The van der Waals surface area contributed by atoms with Crippen molar-refractivity contribution >= 4 is 23.7 Å². The van der Waals surface area contributed by atoms with Crippen LogP contribution in [0.3, 0.4) is 0 Å². The summed E-state index contributed by atoms with van der Waals surface area (Å²) in [5, 5.41) is 4.90. The molecule has 1 saturated heterocycles. The zero-order valence-electron chi connectivity index (χ0n) is 10.1. The Morgan fingerprint density at radius 3 is 2.79 bits per heavy atom. The maximum atomic E-state index is 11.9. The molecule has 1 heterocycles. The molecule has 0 bridgehead atoms. The SMILES string of the molecule is COC(=O)c1ccccc1NC(=O)C1COC(=O)N1. The fourth-order valence-electron chi connectivity index (χ4n) is 1.63. The summed E-state index contributed by atoms with van der Waals surface area (Å²) in [5.74, 6) is -1.01. The lowest BCUT2D eigenvalue weighted by Gasteiger charge is -2.11. The summed E-state index contributed by atoms with van der Waals surface area (Å²) < 4.78 is 9.24.